The van der Waals surface area contributed by atoms with Crippen LogP contribution in [0.25, 0.3) is 16.8 Å². The Labute approximate surface area is 182 Å². The van der Waals surface area contributed by atoms with Crippen LogP contribution in [-0.4, -0.2) is 32.0 Å². The van der Waals surface area contributed by atoms with Crippen molar-refractivity contribution in [1.82, 2.24) is 9.97 Å². The minimum Gasteiger partial charge on any atom is -0.380 e. The first-order valence-electron chi connectivity index (χ1n) is 9.78. The zero-order chi connectivity index (χ0) is 21.7. The molecule has 0 spiro atoms. The molecule has 0 atom stereocenters. The lowest BCUT2D eigenvalue weighted by atomic mass is 10.2. The van der Waals surface area contributed by atoms with Crippen LogP contribution in [0.1, 0.15) is 5.56 Å². The molecule has 4 aromatic rings. The normalized spacial score (nSPS) is 11.6. The summed E-state index contributed by atoms with van der Waals surface area (Å²) in [6.07, 6.45) is 10.7. The van der Waals surface area contributed by atoms with Crippen molar-refractivity contribution >= 4 is 38.2 Å². The fourth-order valence-corrected chi connectivity index (χ4v) is 4.76. The van der Waals surface area contributed by atoms with Crippen molar-refractivity contribution in [1.29, 1.82) is 0 Å². The molecule has 0 unspecified atom stereocenters. The third-order valence-electron chi connectivity index (χ3n) is 4.93. The molecule has 2 aromatic carbocycles. The van der Waals surface area contributed by atoms with E-state index in [4.69, 9.17) is 0 Å². The van der Waals surface area contributed by atoms with E-state index in [2.05, 4.69) is 15.3 Å². The molecule has 156 valence electrons. The van der Waals surface area contributed by atoms with Crippen LogP contribution in [0.2, 0.25) is 0 Å². The van der Waals surface area contributed by atoms with Gasteiger partial charge in [0.25, 0.3) is 10.0 Å². The smallest absolute Gasteiger partial charge is 0.264 e. The summed E-state index contributed by atoms with van der Waals surface area (Å²) in [7, 11) is -2.20. The number of aromatic nitrogens is 2. The van der Waals surface area contributed by atoms with E-state index in [0.29, 0.717) is 17.6 Å². The molecule has 0 radical (unpaired) electrons. The molecule has 0 fully saturated rings. The Morgan fingerprint density at radius 3 is 2.61 bits per heavy atom. The summed E-state index contributed by atoms with van der Waals surface area (Å²) in [5.41, 5.74) is 2.30. The number of pyridine rings is 2. The van der Waals surface area contributed by atoms with Crippen molar-refractivity contribution < 1.29 is 8.42 Å². The SMILES string of the molecule is CN(c1ccccc1NC/C=C/c1cccnc1)S(=O)(=O)c1cccc2cnccc12. The number of sulfonamides is 1. The molecule has 2 aromatic heterocycles. The Hall–Kier alpha value is -3.71. The molecule has 0 aliphatic carbocycles. The molecule has 4 rings (SSSR count). The van der Waals surface area contributed by atoms with Crippen LogP contribution >= 0.6 is 0 Å². The van der Waals surface area contributed by atoms with Gasteiger partial charge in [-0.1, -0.05) is 42.5 Å². The van der Waals surface area contributed by atoms with Crippen LogP contribution in [0.4, 0.5) is 11.4 Å². The first-order chi connectivity index (χ1) is 15.1. The van der Waals surface area contributed by atoms with Crippen LogP contribution in [0.3, 0.4) is 0 Å². The van der Waals surface area contributed by atoms with Gasteiger partial charge in [0.15, 0.2) is 0 Å². The third kappa shape index (κ3) is 4.41. The standard InChI is InChI=1S/C24H22N4O2S/c1-28(31(29,30)24-12-4-9-20-18-26-16-13-21(20)24)23-11-3-2-10-22(23)27-15-6-8-19-7-5-14-25-17-19/h2-14,16-18,27H,15H2,1H3/b8-6+. The second-order valence-electron chi connectivity index (χ2n) is 6.91. The Bertz CT molecular complexity index is 1320. The van der Waals surface area contributed by atoms with Gasteiger partial charge in [-0.2, -0.15) is 0 Å². The molecule has 0 saturated carbocycles. The Morgan fingerprint density at radius 1 is 0.935 bits per heavy atom. The quantitative estimate of drug-likeness (QED) is 0.464. The average Bonchev–Trinajstić information content (AvgIpc) is 2.82. The summed E-state index contributed by atoms with van der Waals surface area (Å²) in [5, 5.41) is 4.73. The first-order valence-corrected chi connectivity index (χ1v) is 11.2. The molecule has 0 saturated heterocycles. The number of hydrogen-bond donors (Lipinski definition) is 1. The number of rotatable bonds is 7. The molecule has 6 nitrogen and oxygen atoms in total. The molecular formula is C24H22N4O2S. The van der Waals surface area contributed by atoms with Gasteiger partial charge >= 0.3 is 0 Å². The number of benzene rings is 2. The molecule has 0 amide bonds. The largest absolute Gasteiger partial charge is 0.380 e. The Morgan fingerprint density at radius 2 is 1.77 bits per heavy atom. The lowest BCUT2D eigenvalue weighted by Gasteiger charge is -2.23. The highest BCUT2D eigenvalue weighted by molar-refractivity contribution is 7.93. The van der Waals surface area contributed by atoms with E-state index in [1.165, 1.54) is 4.31 Å². The lowest BCUT2D eigenvalue weighted by Crippen LogP contribution is -2.27. The van der Waals surface area contributed by atoms with Gasteiger partial charge in [0.2, 0.25) is 0 Å². The van der Waals surface area contributed by atoms with Crippen molar-refractivity contribution in [2.45, 2.75) is 4.90 Å². The third-order valence-corrected chi connectivity index (χ3v) is 6.76. The van der Waals surface area contributed by atoms with Crippen LogP contribution in [-0.2, 0) is 10.0 Å². The number of para-hydroxylation sites is 2. The van der Waals surface area contributed by atoms with E-state index < -0.39 is 10.0 Å². The van der Waals surface area contributed by atoms with Crippen LogP contribution in [0.5, 0.6) is 0 Å². The number of anilines is 2. The number of hydrogen-bond acceptors (Lipinski definition) is 5. The molecule has 0 bridgehead atoms. The minimum atomic E-state index is -3.78. The van der Waals surface area contributed by atoms with Crippen LogP contribution < -0.4 is 9.62 Å². The number of fused-ring (bicyclic) bond motifs is 1. The van der Waals surface area contributed by atoms with E-state index in [-0.39, 0.29) is 4.90 Å². The van der Waals surface area contributed by atoms with Gasteiger partial charge in [-0.15, -0.1) is 0 Å². The van der Waals surface area contributed by atoms with Gasteiger partial charge in [-0.3, -0.25) is 14.3 Å². The lowest BCUT2D eigenvalue weighted by molar-refractivity contribution is 0.595. The fraction of sp³-hybridized carbons (Fsp3) is 0.0833. The van der Waals surface area contributed by atoms with Gasteiger partial charge in [0.05, 0.1) is 16.3 Å². The molecule has 31 heavy (non-hydrogen) atoms. The zero-order valence-electron chi connectivity index (χ0n) is 17.0. The highest BCUT2D eigenvalue weighted by Gasteiger charge is 2.25. The maximum Gasteiger partial charge on any atom is 0.264 e. The predicted octanol–water partition coefficient (Wildman–Crippen LogP) is 4.58. The van der Waals surface area contributed by atoms with Crippen molar-refractivity contribution in [2.75, 3.05) is 23.2 Å². The van der Waals surface area contributed by atoms with Gasteiger partial charge < -0.3 is 5.32 Å². The summed E-state index contributed by atoms with van der Waals surface area (Å²) in [5.74, 6) is 0. The second kappa shape index (κ2) is 8.97. The predicted molar refractivity (Wildman–Crippen MR) is 126 cm³/mol. The number of nitrogens with one attached hydrogen (secondary N) is 1. The topological polar surface area (TPSA) is 75.2 Å². The molecule has 0 aliphatic rings. The van der Waals surface area contributed by atoms with Gasteiger partial charge in [0, 0.05) is 49.2 Å². The van der Waals surface area contributed by atoms with Gasteiger partial charge in [0.1, 0.15) is 0 Å². The van der Waals surface area contributed by atoms with Crippen LogP contribution in [0, 0.1) is 0 Å². The maximum absolute atomic E-state index is 13.5. The first kappa shape index (κ1) is 20.6. The van der Waals surface area contributed by atoms with E-state index in [0.717, 1.165) is 16.6 Å². The summed E-state index contributed by atoms with van der Waals surface area (Å²) in [4.78, 5) is 8.43. The monoisotopic (exact) mass is 430 g/mol. The molecule has 0 aliphatic heterocycles. The summed E-state index contributed by atoms with van der Waals surface area (Å²) in [6.45, 7) is 0.541. The molecule has 1 N–H and O–H groups in total. The molecule has 2 heterocycles. The fourth-order valence-electron chi connectivity index (χ4n) is 3.33. The zero-order valence-corrected chi connectivity index (χ0v) is 17.8. The van der Waals surface area contributed by atoms with E-state index >= 15 is 0 Å². The van der Waals surface area contributed by atoms with Crippen molar-refractivity contribution in [2.24, 2.45) is 0 Å². The highest BCUT2D eigenvalue weighted by Crippen LogP contribution is 2.31. The summed E-state index contributed by atoms with van der Waals surface area (Å²) >= 11 is 0. The Balaban J connectivity index is 1.60. The van der Waals surface area contributed by atoms with Crippen molar-refractivity contribution in [3.05, 3.63) is 97.1 Å². The molecular weight excluding hydrogens is 408 g/mol. The molecule has 7 heteroatoms. The van der Waals surface area contributed by atoms with E-state index in [9.17, 15) is 8.42 Å². The van der Waals surface area contributed by atoms with Crippen molar-refractivity contribution in [3.63, 3.8) is 0 Å². The maximum atomic E-state index is 13.5. The second-order valence-corrected chi connectivity index (χ2v) is 8.85. The van der Waals surface area contributed by atoms with E-state index in [1.807, 2.05) is 48.6 Å². The summed E-state index contributed by atoms with van der Waals surface area (Å²) in [6, 6.07) is 18.1. The van der Waals surface area contributed by atoms with Crippen molar-refractivity contribution in [3.8, 4) is 0 Å². The highest BCUT2D eigenvalue weighted by atomic mass is 32.2. The Kier molecular flexibility index (Phi) is 5.95. The summed E-state index contributed by atoms with van der Waals surface area (Å²) < 4.78 is 28.3. The van der Waals surface area contributed by atoms with Gasteiger partial charge in [-0.25, -0.2) is 8.42 Å². The van der Waals surface area contributed by atoms with Gasteiger partial charge in [-0.05, 0) is 35.9 Å². The number of nitrogens with zero attached hydrogens (tertiary/aromatic N) is 3. The van der Waals surface area contributed by atoms with Crippen LogP contribution in [0.15, 0.2) is 96.4 Å². The average molecular weight is 431 g/mol. The minimum absolute atomic E-state index is 0.251. The van der Waals surface area contributed by atoms with E-state index in [1.54, 1.807) is 56.1 Å².